The Bertz CT molecular complexity index is 224. The summed E-state index contributed by atoms with van der Waals surface area (Å²) in [5.74, 6) is -0.267. The molecular formula is C11H19NO2. The van der Waals surface area contributed by atoms with Gasteiger partial charge < -0.3 is 9.84 Å². The molecule has 14 heavy (non-hydrogen) atoms. The van der Waals surface area contributed by atoms with Crippen LogP contribution in [0.25, 0.3) is 0 Å². The van der Waals surface area contributed by atoms with Gasteiger partial charge in [-0.15, -0.1) is 0 Å². The fourth-order valence-corrected chi connectivity index (χ4v) is 2.45. The van der Waals surface area contributed by atoms with E-state index in [4.69, 9.17) is 10.00 Å². The van der Waals surface area contributed by atoms with E-state index in [1.54, 1.807) is 0 Å². The molecule has 0 bridgehead atoms. The number of nitrogens with zero attached hydrogens (tertiary/aromatic N) is 1. The van der Waals surface area contributed by atoms with Gasteiger partial charge in [0.1, 0.15) is 0 Å². The first kappa shape index (κ1) is 11.5. The highest BCUT2D eigenvalue weighted by Crippen LogP contribution is 2.35. The molecule has 0 amide bonds. The maximum atomic E-state index is 10.4. The van der Waals surface area contributed by atoms with Crippen molar-refractivity contribution < 1.29 is 9.84 Å². The summed E-state index contributed by atoms with van der Waals surface area (Å²) in [7, 11) is 0. The second-order valence-electron chi connectivity index (χ2n) is 4.36. The summed E-state index contributed by atoms with van der Waals surface area (Å²) in [6, 6.07) is 2.20. The molecule has 3 unspecified atom stereocenters. The predicted octanol–water partition coefficient (Wildman–Crippen LogP) is 1.85. The van der Waals surface area contributed by atoms with Gasteiger partial charge in [-0.3, -0.25) is 0 Å². The van der Waals surface area contributed by atoms with Crippen LogP contribution in [0.1, 0.15) is 40.0 Å². The first-order valence-corrected chi connectivity index (χ1v) is 5.29. The Hall–Kier alpha value is -0.590. The summed E-state index contributed by atoms with van der Waals surface area (Å²) in [5, 5.41) is 19.3. The molecular weight excluding hydrogens is 178 g/mol. The van der Waals surface area contributed by atoms with E-state index in [0.717, 1.165) is 0 Å². The fourth-order valence-electron chi connectivity index (χ4n) is 2.45. The van der Waals surface area contributed by atoms with Crippen LogP contribution in [0.3, 0.4) is 0 Å². The Morgan fingerprint density at radius 2 is 2.00 bits per heavy atom. The van der Waals surface area contributed by atoms with Gasteiger partial charge in [0, 0.05) is 12.8 Å². The van der Waals surface area contributed by atoms with Crippen molar-refractivity contribution in [2.75, 3.05) is 0 Å². The number of hydrogen-bond donors (Lipinski definition) is 1. The molecule has 1 fully saturated rings. The van der Waals surface area contributed by atoms with Crippen molar-refractivity contribution in [2.45, 2.75) is 57.8 Å². The standard InChI is InChI=1S/C11H19NO2/c1-4-10(7-12)11(13)5-8(2)14-9(3)6-11/h8-10,13H,4-6H2,1-3H3. The molecule has 3 atom stereocenters. The van der Waals surface area contributed by atoms with Gasteiger partial charge in [0.05, 0.1) is 29.8 Å². The number of hydrogen-bond acceptors (Lipinski definition) is 3. The number of rotatable bonds is 2. The van der Waals surface area contributed by atoms with Crippen LogP contribution in [0.4, 0.5) is 0 Å². The molecule has 0 spiro atoms. The lowest BCUT2D eigenvalue weighted by atomic mass is 9.77. The Kier molecular flexibility index (Phi) is 3.52. The van der Waals surface area contributed by atoms with Gasteiger partial charge in [0.15, 0.2) is 0 Å². The van der Waals surface area contributed by atoms with Crippen LogP contribution < -0.4 is 0 Å². The minimum atomic E-state index is -0.847. The summed E-state index contributed by atoms with van der Waals surface area (Å²) >= 11 is 0. The molecule has 1 N–H and O–H groups in total. The Morgan fingerprint density at radius 1 is 1.50 bits per heavy atom. The van der Waals surface area contributed by atoms with E-state index < -0.39 is 5.60 Å². The zero-order valence-electron chi connectivity index (χ0n) is 9.16. The maximum Gasteiger partial charge on any atom is 0.0854 e. The molecule has 3 nitrogen and oxygen atoms in total. The van der Waals surface area contributed by atoms with Crippen LogP contribution in [0, 0.1) is 17.2 Å². The molecule has 0 aromatic carbocycles. The van der Waals surface area contributed by atoms with E-state index in [0.29, 0.717) is 19.3 Å². The molecule has 1 saturated heterocycles. The van der Waals surface area contributed by atoms with Gasteiger partial charge in [-0.25, -0.2) is 0 Å². The second-order valence-corrected chi connectivity index (χ2v) is 4.36. The van der Waals surface area contributed by atoms with E-state index in [2.05, 4.69) is 6.07 Å². The second kappa shape index (κ2) is 4.29. The fraction of sp³-hybridized carbons (Fsp3) is 0.909. The van der Waals surface area contributed by atoms with Crippen molar-refractivity contribution in [3.8, 4) is 6.07 Å². The largest absolute Gasteiger partial charge is 0.388 e. The van der Waals surface area contributed by atoms with E-state index >= 15 is 0 Å². The average Bonchev–Trinajstić information content (AvgIpc) is 2.02. The zero-order valence-corrected chi connectivity index (χ0v) is 9.16. The highest BCUT2D eigenvalue weighted by atomic mass is 16.5. The molecule has 3 heteroatoms. The first-order valence-electron chi connectivity index (χ1n) is 5.29. The van der Waals surface area contributed by atoms with E-state index in [1.165, 1.54) is 0 Å². The molecule has 0 aliphatic carbocycles. The number of aliphatic hydroxyl groups is 1. The van der Waals surface area contributed by atoms with Crippen LogP contribution in [0.5, 0.6) is 0 Å². The van der Waals surface area contributed by atoms with Crippen LogP contribution in [0.15, 0.2) is 0 Å². The van der Waals surface area contributed by atoms with Gasteiger partial charge in [-0.1, -0.05) is 6.92 Å². The third-order valence-corrected chi connectivity index (χ3v) is 2.96. The molecule has 0 aromatic rings. The summed E-state index contributed by atoms with van der Waals surface area (Å²) in [5.41, 5.74) is -0.847. The monoisotopic (exact) mass is 197 g/mol. The Morgan fingerprint density at radius 3 is 2.36 bits per heavy atom. The van der Waals surface area contributed by atoms with Gasteiger partial charge in [-0.05, 0) is 20.3 Å². The van der Waals surface area contributed by atoms with Gasteiger partial charge in [-0.2, -0.15) is 5.26 Å². The first-order chi connectivity index (χ1) is 6.51. The summed E-state index contributed by atoms with van der Waals surface area (Å²) in [6.45, 7) is 5.84. The van der Waals surface area contributed by atoms with Crippen LogP contribution in [-0.2, 0) is 4.74 Å². The van der Waals surface area contributed by atoms with Gasteiger partial charge >= 0.3 is 0 Å². The highest BCUT2D eigenvalue weighted by molar-refractivity contribution is 5.01. The average molecular weight is 197 g/mol. The zero-order chi connectivity index (χ0) is 10.8. The van der Waals surface area contributed by atoms with Gasteiger partial charge in [0.25, 0.3) is 0 Å². The minimum Gasteiger partial charge on any atom is -0.388 e. The molecule has 1 aliphatic heterocycles. The molecule has 1 heterocycles. The normalized spacial score (nSPS) is 40.2. The number of ether oxygens (including phenoxy) is 1. The minimum absolute atomic E-state index is 0.0474. The third-order valence-electron chi connectivity index (χ3n) is 2.96. The lowest BCUT2D eigenvalue weighted by Crippen LogP contribution is -2.48. The van der Waals surface area contributed by atoms with E-state index in [-0.39, 0.29) is 18.1 Å². The lowest BCUT2D eigenvalue weighted by molar-refractivity contribution is -0.147. The molecule has 80 valence electrons. The van der Waals surface area contributed by atoms with Crippen molar-refractivity contribution in [2.24, 2.45) is 5.92 Å². The van der Waals surface area contributed by atoms with E-state index in [9.17, 15) is 5.11 Å². The Labute approximate surface area is 85.7 Å². The van der Waals surface area contributed by atoms with Crippen molar-refractivity contribution in [1.82, 2.24) is 0 Å². The topological polar surface area (TPSA) is 53.2 Å². The SMILES string of the molecule is CCC(C#N)C1(O)CC(C)OC(C)C1. The van der Waals surface area contributed by atoms with Crippen LogP contribution in [-0.4, -0.2) is 22.9 Å². The van der Waals surface area contributed by atoms with Crippen molar-refractivity contribution in [1.29, 1.82) is 5.26 Å². The van der Waals surface area contributed by atoms with Crippen molar-refractivity contribution in [3.63, 3.8) is 0 Å². The smallest absolute Gasteiger partial charge is 0.0854 e. The molecule has 0 aromatic heterocycles. The summed E-state index contributed by atoms with van der Waals surface area (Å²) < 4.78 is 5.55. The van der Waals surface area contributed by atoms with E-state index in [1.807, 2.05) is 20.8 Å². The third kappa shape index (κ3) is 2.26. The van der Waals surface area contributed by atoms with Crippen molar-refractivity contribution >= 4 is 0 Å². The molecule has 0 saturated carbocycles. The number of nitriles is 1. The van der Waals surface area contributed by atoms with Crippen molar-refractivity contribution in [3.05, 3.63) is 0 Å². The maximum absolute atomic E-state index is 10.4. The predicted molar refractivity (Wildman–Crippen MR) is 53.6 cm³/mol. The lowest BCUT2D eigenvalue weighted by Gasteiger charge is -2.41. The van der Waals surface area contributed by atoms with Crippen LogP contribution >= 0.6 is 0 Å². The molecule has 0 radical (unpaired) electrons. The summed E-state index contributed by atoms with van der Waals surface area (Å²) in [4.78, 5) is 0. The van der Waals surface area contributed by atoms with Crippen LogP contribution in [0.2, 0.25) is 0 Å². The molecule has 1 rings (SSSR count). The highest BCUT2D eigenvalue weighted by Gasteiger charge is 2.42. The quantitative estimate of drug-likeness (QED) is 0.735. The van der Waals surface area contributed by atoms with Gasteiger partial charge in [0.2, 0.25) is 0 Å². The Balaban J connectivity index is 2.77. The summed E-state index contributed by atoms with van der Waals surface area (Å²) in [6.07, 6.45) is 1.94. The molecule has 1 aliphatic rings.